The van der Waals surface area contributed by atoms with Gasteiger partial charge in [-0.25, -0.2) is 0 Å². The number of carbonyl (C=O) groups excluding carboxylic acids is 4. The highest BCUT2D eigenvalue weighted by Gasteiger charge is 2.47. The fraction of sp³-hybridized carbons (Fsp3) is 0.538. The molecule has 1 aliphatic heterocycles. The van der Waals surface area contributed by atoms with Crippen molar-refractivity contribution in [3.63, 3.8) is 0 Å². The summed E-state index contributed by atoms with van der Waals surface area (Å²) in [5.41, 5.74) is 0.905. The van der Waals surface area contributed by atoms with E-state index in [0.717, 1.165) is 35.7 Å². The maximum atomic E-state index is 13.4. The maximum absolute atomic E-state index is 13.4. The fourth-order valence-corrected chi connectivity index (χ4v) is 5.47. The summed E-state index contributed by atoms with van der Waals surface area (Å²) in [6, 6.07) is 7.14. The van der Waals surface area contributed by atoms with Gasteiger partial charge in [-0.2, -0.15) is 0 Å². The molecule has 1 heterocycles. The summed E-state index contributed by atoms with van der Waals surface area (Å²) in [6.45, 7) is 2.08. The van der Waals surface area contributed by atoms with Gasteiger partial charge in [-0.1, -0.05) is 53.1 Å². The average molecular weight is 530 g/mol. The van der Waals surface area contributed by atoms with Gasteiger partial charge in [0.2, 0.25) is 23.6 Å². The Bertz CT molecular complexity index is 945. The molecule has 1 N–H and O–H groups in total. The summed E-state index contributed by atoms with van der Waals surface area (Å²) in [7, 11) is 0. The minimum atomic E-state index is -0.659. The summed E-state index contributed by atoms with van der Waals surface area (Å²) in [4.78, 5) is 54.7. The number of halogens is 1. The van der Waals surface area contributed by atoms with Gasteiger partial charge in [0.25, 0.3) is 0 Å². The highest BCUT2D eigenvalue weighted by Crippen LogP contribution is 2.35. The Labute approximate surface area is 209 Å². The summed E-state index contributed by atoms with van der Waals surface area (Å²) in [6.07, 6.45) is 9.21. The Balaban J connectivity index is 1.44. The lowest BCUT2D eigenvalue weighted by molar-refractivity contribution is -0.144. The third kappa shape index (κ3) is 5.43. The third-order valence-electron chi connectivity index (χ3n) is 7.28. The summed E-state index contributed by atoms with van der Waals surface area (Å²) in [5.74, 6) is -1.38. The SMILES string of the molecule is CC(C(=O)NC1CCCC1)N(Cc1ccc(Br)cc1)C(=O)CCN1C(=O)[C@H]2CC=CC[C@H]2C1=O. The van der Waals surface area contributed by atoms with E-state index in [1.54, 1.807) is 11.8 Å². The van der Waals surface area contributed by atoms with E-state index < -0.39 is 6.04 Å². The average Bonchev–Trinajstić information content (AvgIpc) is 3.43. The van der Waals surface area contributed by atoms with Crippen molar-refractivity contribution >= 4 is 39.6 Å². The van der Waals surface area contributed by atoms with Crippen LogP contribution in [-0.2, 0) is 25.7 Å². The first-order valence-corrected chi connectivity index (χ1v) is 13.0. The lowest BCUT2D eigenvalue weighted by Crippen LogP contribution is -2.50. The fourth-order valence-electron chi connectivity index (χ4n) is 5.20. The monoisotopic (exact) mass is 529 g/mol. The lowest BCUT2D eigenvalue weighted by atomic mass is 9.85. The van der Waals surface area contributed by atoms with Crippen molar-refractivity contribution in [3.8, 4) is 0 Å². The van der Waals surface area contributed by atoms with Crippen LogP contribution in [0.3, 0.4) is 0 Å². The molecule has 0 aromatic heterocycles. The van der Waals surface area contributed by atoms with Crippen LogP contribution < -0.4 is 5.32 Å². The molecule has 4 amide bonds. The minimum absolute atomic E-state index is 0.00191. The van der Waals surface area contributed by atoms with Crippen LogP contribution in [-0.4, -0.2) is 52.1 Å². The third-order valence-corrected chi connectivity index (χ3v) is 7.81. The normalized spacial score (nSPS) is 23.2. The molecule has 0 bridgehead atoms. The predicted octanol–water partition coefficient (Wildman–Crippen LogP) is 3.57. The molecule has 1 saturated carbocycles. The van der Waals surface area contributed by atoms with Crippen molar-refractivity contribution in [1.29, 1.82) is 0 Å². The van der Waals surface area contributed by atoms with Gasteiger partial charge in [0.05, 0.1) is 11.8 Å². The second kappa shape index (κ2) is 10.8. The van der Waals surface area contributed by atoms with E-state index in [4.69, 9.17) is 0 Å². The molecule has 34 heavy (non-hydrogen) atoms. The number of hydrogen-bond donors (Lipinski definition) is 1. The van der Waals surface area contributed by atoms with Crippen LogP contribution in [0, 0.1) is 11.8 Å². The number of rotatable bonds is 8. The van der Waals surface area contributed by atoms with Gasteiger partial charge in [0, 0.05) is 30.0 Å². The smallest absolute Gasteiger partial charge is 0.242 e. The van der Waals surface area contributed by atoms with E-state index in [1.165, 1.54) is 4.90 Å². The second-order valence-corrected chi connectivity index (χ2v) is 10.5. The Kier molecular flexibility index (Phi) is 7.86. The van der Waals surface area contributed by atoms with Crippen LogP contribution in [0.25, 0.3) is 0 Å². The zero-order chi connectivity index (χ0) is 24.2. The molecule has 1 saturated heterocycles. The largest absolute Gasteiger partial charge is 0.352 e. The van der Waals surface area contributed by atoms with Gasteiger partial charge in [-0.05, 0) is 50.3 Å². The van der Waals surface area contributed by atoms with E-state index in [-0.39, 0.29) is 61.0 Å². The maximum Gasteiger partial charge on any atom is 0.242 e. The van der Waals surface area contributed by atoms with E-state index in [9.17, 15) is 19.2 Å². The first-order valence-electron chi connectivity index (χ1n) is 12.2. The number of benzene rings is 1. The van der Waals surface area contributed by atoms with Gasteiger partial charge in [0.15, 0.2) is 0 Å². The molecular weight excluding hydrogens is 498 g/mol. The summed E-state index contributed by atoms with van der Waals surface area (Å²) >= 11 is 3.42. The zero-order valence-corrected chi connectivity index (χ0v) is 21.1. The molecule has 8 heteroatoms. The number of nitrogens with one attached hydrogen (secondary N) is 1. The second-order valence-electron chi connectivity index (χ2n) is 9.55. The minimum Gasteiger partial charge on any atom is -0.352 e. The molecule has 2 aliphatic carbocycles. The first-order chi connectivity index (χ1) is 16.3. The van der Waals surface area contributed by atoms with Crippen LogP contribution in [0.5, 0.6) is 0 Å². The zero-order valence-electron chi connectivity index (χ0n) is 19.5. The molecule has 1 aromatic carbocycles. The molecule has 1 unspecified atom stereocenters. The predicted molar refractivity (Wildman–Crippen MR) is 131 cm³/mol. The van der Waals surface area contributed by atoms with Gasteiger partial charge in [-0.3, -0.25) is 24.1 Å². The highest BCUT2D eigenvalue weighted by molar-refractivity contribution is 9.10. The molecule has 0 radical (unpaired) electrons. The molecular formula is C26H32BrN3O4. The van der Waals surface area contributed by atoms with Crippen LogP contribution in [0.1, 0.15) is 57.4 Å². The Morgan fingerprint density at radius 1 is 1.06 bits per heavy atom. The standard InChI is InChI=1S/C26H32BrN3O4/c1-17(24(32)28-20-6-2-3-7-20)30(16-18-10-12-19(27)13-11-18)23(31)14-15-29-25(33)21-8-4-5-9-22(21)26(29)34/h4-5,10-13,17,20-22H,2-3,6-9,14-16H2,1H3,(H,28,32)/t17?,21-,22+. The van der Waals surface area contributed by atoms with Crippen LogP contribution >= 0.6 is 15.9 Å². The van der Waals surface area contributed by atoms with Crippen molar-refractivity contribution in [3.05, 3.63) is 46.5 Å². The summed E-state index contributed by atoms with van der Waals surface area (Å²) < 4.78 is 0.933. The highest BCUT2D eigenvalue weighted by atomic mass is 79.9. The topological polar surface area (TPSA) is 86.8 Å². The Morgan fingerprint density at radius 3 is 2.24 bits per heavy atom. The van der Waals surface area contributed by atoms with Crippen molar-refractivity contribution in [2.75, 3.05) is 6.54 Å². The van der Waals surface area contributed by atoms with Crippen molar-refractivity contribution in [2.24, 2.45) is 11.8 Å². The van der Waals surface area contributed by atoms with Crippen molar-refractivity contribution < 1.29 is 19.2 Å². The molecule has 2 fully saturated rings. The first kappa shape index (κ1) is 24.6. The Hall–Kier alpha value is -2.48. The molecule has 182 valence electrons. The Morgan fingerprint density at radius 2 is 1.65 bits per heavy atom. The van der Waals surface area contributed by atoms with E-state index >= 15 is 0 Å². The van der Waals surface area contributed by atoms with Gasteiger partial charge in [0.1, 0.15) is 6.04 Å². The molecule has 4 rings (SSSR count). The van der Waals surface area contributed by atoms with Crippen molar-refractivity contribution in [1.82, 2.24) is 15.1 Å². The van der Waals surface area contributed by atoms with Crippen LogP contribution in [0.15, 0.2) is 40.9 Å². The number of amides is 4. The molecule has 7 nitrogen and oxygen atoms in total. The number of allylic oxidation sites excluding steroid dienone is 2. The quantitative estimate of drug-likeness (QED) is 0.412. The number of likely N-dealkylation sites (tertiary alicyclic amines) is 1. The molecule has 1 aromatic rings. The van der Waals surface area contributed by atoms with Crippen molar-refractivity contribution in [2.45, 2.75) is 70.5 Å². The van der Waals surface area contributed by atoms with Crippen LogP contribution in [0.4, 0.5) is 0 Å². The van der Waals surface area contributed by atoms with Gasteiger partial charge >= 0.3 is 0 Å². The van der Waals surface area contributed by atoms with E-state index in [2.05, 4.69) is 21.2 Å². The van der Waals surface area contributed by atoms with E-state index in [0.29, 0.717) is 12.8 Å². The van der Waals surface area contributed by atoms with Crippen LogP contribution in [0.2, 0.25) is 0 Å². The molecule has 3 aliphatic rings. The number of nitrogens with zero attached hydrogens (tertiary/aromatic N) is 2. The number of fused-ring (bicyclic) bond motifs is 1. The van der Waals surface area contributed by atoms with E-state index in [1.807, 2.05) is 36.4 Å². The summed E-state index contributed by atoms with van der Waals surface area (Å²) in [5, 5.41) is 3.09. The molecule has 3 atom stereocenters. The van der Waals surface area contributed by atoms with Gasteiger partial charge < -0.3 is 10.2 Å². The number of imide groups is 1. The number of carbonyl (C=O) groups is 4. The van der Waals surface area contributed by atoms with Gasteiger partial charge in [-0.15, -0.1) is 0 Å². The lowest BCUT2D eigenvalue weighted by Gasteiger charge is -2.30. The number of hydrogen-bond acceptors (Lipinski definition) is 4. The molecule has 0 spiro atoms.